The molecular weight excluding hydrogens is 566 g/mol. The fraction of sp³-hybridized carbons (Fsp3) is 0.394. The summed E-state index contributed by atoms with van der Waals surface area (Å²) in [6, 6.07) is 25.3. The third-order valence-corrected chi connectivity index (χ3v) is 9.35. The van der Waals surface area contributed by atoms with Crippen molar-refractivity contribution < 1.29 is 27.6 Å². The third kappa shape index (κ3) is 8.22. The standard InChI is InChI=1S/C33H41N3O6S/c1-25(2)22-33(19-21-36(32(33)38)20-18-26-10-6-4-7-11-26)30(31(37)35-42-24-27-12-8-5-9-13-27)23-34-43(39,40)29-16-14-28(41-3)15-17-29/h4-17,25,30,34H,18-24H2,1-3H3,(H,35,37). The maximum absolute atomic E-state index is 14.2. The molecule has 2 N–H and O–H groups in total. The second-order valence-corrected chi connectivity index (χ2v) is 13.1. The van der Waals surface area contributed by atoms with Crippen molar-refractivity contribution in [2.24, 2.45) is 17.3 Å². The second kappa shape index (κ2) is 14.6. The van der Waals surface area contributed by atoms with Crippen molar-refractivity contribution in [2.75, 3.05) is 26.7 Å². The molecule has 2 atom stereocenters. The summed E-state index contributed by atoms with van der Waals surface area (Å²) >= 11 is 0. The molecule has 3 aromatic rings. The van der Waals surface area contributed by atoms with Crippen molar-refractivity contribution in [3.05, 3.63) is 96.1 Å². The Bertz CT molecular complexity index is 1450. The Kier molecular flexibility index (Phi) is 11.0. The maximum Gasteiger partial charge on any atom is 0.249 e. The van der Waals surface area contributed by atoms with Crippen LogP contribution in [0, 0.1) is 17.3 Å². The lowest BCUT2D eigenvalue weighted by atomic mass is 9.68. The molecule has 2 unspecified atom stereocenters. The van der Waals surface area contributed by atoms with E-state index in [2.05, 4.69) is 10.2 Å². The summed E-state index contributed by atoms with van der Waals surface area (Å²) in [6.45, 7) is 4.87. The molecule has 2 amide bonds. The van der Waals surface area contributed by atoms with E-state index in [0.29, 0.717) is 38.1 Å². The maximum atomic E-state index is 14.2. The van der Waals surface area contributed by atoms with Crippen LogP contribution in [0.1, 0.15) is 37.8 Å². The van der Waals surface area contributed by atoms with Crippen LogP contribution in [0.4, 0.5) is 0 Å². The second-order valence-electron chi connectivity index (χ2n) is 11.4. The Labute approximate surface area is 254 Å². The van der Waals surface area contributed by atoms with Gasteiger partial charge in [0.15, 0.2) is 0 Å². The van der Waals surface area contributed by atoms with Crippen molar-refractivity contribution in [1.82, 2.24) is 15.1 Å². The number of rotatable bonds is 15. The fourth-order valence-electron chi connectivity index (χ4n) is 5.77. The Morgan fingerprint density at radius 1 is 0.953 bits per heavy atom. The van der Waals surface area contributed by atoms with Crippen molar-refractivity contribution in [3.63, 3.8) is 0 Å². The van der Waals surface area contributed by atoms with Crippen molar-refractivity contribution in [1.29, 1.82) is 0 Å². The molecule has 0 radical (unpaired) electrons. The summed E-state index contributed by atoms with van der Waals surface area (Å²) in [7, 11) is -2.49. The van der Waals surface area contributed by atoms with Gasteiger partial charge in [-0.3, -0.25) is 14.4 Å². The van der Waals surface area contributed by atoms with E-state index >= 15 is 0 Å². The van der Waals surface area contributed by atoms with Gasteiger partial charge >= 0.3 is 0 Å². The third-order valence-electron chi connectivity index (χ3n) is 7.91. The highest BCUT2D eigenvalue weighted by Gasteiger charge is 2.54. The van der Waals surface area contributed by atoms with Crippen LogP contribution in [0.25, 0.3) is 0 Å². The topological polar surface area (TPSA) is 114 Å². The monoisotopic (exact) mass is 607 g/mol. The summed E-state index contributed by atoms with van der Waals surface area (Å²) in [5.41, 5.74) is 3.41. The van der Waals surface area contributed by atoms with Gasteiger partial charge in [0, 0.05) is 19.6 Å². The number of hydrogen-bond acceptors (Lipinski definition) is 6. The molecule has 1 saturated heterocycles. The molecular formula is C33H41N3O6S. The molecule has 0 bridgehead atoms. The number of nitrogens with zero attached hydrogens (tertiary/aromatic N) is 1. The largest absolute Gasteiger partial charge is 0.497 e. The van der Waals surface area contributed by atoms with Gasteiger partial charge in [-0.05, 0) is 60.6 Å². The number of nitrogens with one attached hydrogen (secondary N) is 2. The van der Waals surface area contributed by atoms with Gasteiger partial charge in [-0.2, -0.15) is 0 Å². The smallest absolute Gasteiger partial charge is 0.249 e. The van der Waals surface area contributed by atoms with Gasteiger partial charge in [0.2, 0.25) is 21.8 Å². The Morgan fingerprint density at radius 2 is 1.58 bits per heavy atom. The first-order valence-electron chi connectivity index (χ1n) is 14.6. The molecule has 10 heteroatoms. The number of methoxy groups -OCH3 is 1. The zero-order valence-corrected chi connectivity index (χ0v) is 25.8. The summed E-state index contributed by atoms with van der Waals surface area (Å²) < 4.78 is 34.3. The first kappa shape index (κ1) is 32.2. The van der Waals surface area contributed by atoms with Crippen LogP contribution < -0.4 is 14.9 Å². The minimum absolute atomic E-state index is 0.0351. The first-order valence-corrected chi connectivity index (χ1v) is 16.1. The number of benzene rings is 3. The van der Waals surface area contributed by atoms with Crippen LogP contribution in [0.2, 0.25) is 0 Å². The molecule has 3 aromatic carbocycles. The number of likely N-dealkylation sites (tertiary alicyclic amines) is 1. The molecule has 1 aliphatic heterocycles. The molecule has 0 aromatic heterocycles. The highest BCUT2D eigenvalue weighted by molar-refractivity contribution is 7.89. The molecule has 0 saturated carbocycles. The predicted octanol–water partition coefficient (Wildman–Crippen LogP) is 4.35. The molecule has 230 valence electrons. The van der Waals surface area contributed by atoms with Crippen molar-refractivity contribution in [2.45, 2.75) is 44.6 Å². The number of carbonyl (C=O) groups excluding carboxylic acids is 2. The predicted molar refractivity (Wildman–Crippen MR) is 164 cm³/mol. The van der Waals surface area contributed by atoms with Gasteiger partial charge in [-0.25, -0.2) is 18.6 Å². The van der Waals surface area contributed by atoms with Gasteiger partial charge in [0.25, 0.3) is 0 Å². The molecule has 1 heterocycles. The van der Waals surface area contributed by atoms with Crippen LogP contribution in [0.15, 0.2) is 89.8 Å². The van der Waals surface area contributed by atoms with E-state index in [4.69, 9.17) is 9.57 Å². The van der Waals surface area contributed by atoms with Crippen molar-refractivity contribution in [3.8, 4) is 5.75 Å². The van der Waals surface area contributed by atoms with Gasteiger partial charge in [-0.1, -0.05) is 74.5 Å². The van der Waals surface area contributed by atoms with Crippen LogP contribution in [-0.2, 0) is 37.5 Å². The van der Waals surface area contributed by atoms with E-state index in [1.807, 2.05) is 74.5 Å². The Balaban J connectivity index is 1.58. The zero-order chi connectivity index (χ0) is 30.9. The minimum Gasteiger partial charge on any atom is -0.497 e. The van der Waals surface area contributed by atoms with E-state index < -0.39 is 27.3 Å². The van der Waals surface area contributed by atoms with Crippen molar-refractivity contribution >= 4 is 21.8 Å². The molecule has 4 rings (SSSR count). The number of carbonyl (C=O) groups is 2. The minimum atomic E-state index is -3.99. The van der Waals surface area contributed by atoms with E-state index in [1.54, 1.807) is 17.0 Å². The molecule has 0 spiro atoms. The van der Waals surface area contributed by atoms with Gasteiger partial charge in [0.1, 0.15) is 5.75 Å². The summed E-state index contributed by atoms with van der Waals surface area (Å²) in [5.74, 6) is -1.07. The normalized spacial score (nSPS) is 17.7. The van der Waals surface area contributed by atoms with E-state index in [1.165, 1.54) is 19.2 Å². The van der Waals surface area contributed by atoms with E-state index in [0.717, 1.165) is 11.1 Å². The lowest BCUT2D eigenvalue weighted by Gasteiger charge is -2.36. The summed E-state index contributed by atoms with van der Waals surface area (Å²) in [5, 5.41) is 0. The van der Waals surface area contributed by atoms with E-state index in [-0.39, 0.29) is 29.9 Å². The molecule has 9 nitrogen and oxygen atoms in total. The van der Waals surface area contributed by atoms with Gasteiger partial charge in [0.05, 0.1) is 29.9 Å². The summed E-state index contributed by atoms with van der Waals surface area (Å²) in [4.78, 5) is 35.4. The lowest BCUT2D eigenvalue weighted by Crippen LogP contribution is -2.52. The van der Waals surface area contributed by atoms with Gasteiger partial charge in [-0.15, -0.1) is 0 Å². The van der Waals surface area contributed by atoms with Crippen LogP contribution in [0.5, 0.6) is 5.75 Å². The van der Waals surface area contributed by atoms with Crippen LogP contribution in [-0.4, -0.2) is 51.9 Å². The van der Waals surface area contributed by atoms with E-state index in [9.17, 15) is 18.0 Å². The average Bonchev–Trinajstić information content (AvgIpc) is 3.31. The Morgan fingerprint density at radius 3 is 2.19 bits per heavy atom. The Hall–Kier alpha value is -3.73. The molecule has 1 aliphatic rings. The molecule has 0 aliphatic carbocycles. The number of amides is 2. The number of ether oxygens (including phenoxy) is 1. The highest BCUT2D eigenvalue weighted by atomic mass is 32.2. The molecule has 43 heavy (non-hydrogen) atoms. The number of hydrogen-bond donors (Lipinski definition) is 2. The number of hydroxylamine groups is 1. The number of sulfonamides is 1. The lowest BCUT2D eigenvalue weighted by molar-refractivity contribution is -0.152. The zero-order valence-electron chi connectivity index (χ0n) is 25.0. The molecule has 1 fully saturated rings. The first-order chi connectivity index (χ1) is 20.6. The SMILES string of the molecule is COc1ccc(S(=O)(=O)NCC(C(=O)NOCc2ccccc2)C2(CC(C)C)CCN(CCc3ccccc3)C2=O)cc1. The van der Waals surface area contributed by atoms with Gasteiger partial charge < -0.3 is 9.64 Å². The highest BCUT2D eigenvalue weighted by Crippen LogP contribution is 2.45. The summed E-state index contributed by atoms with van der Waals surface area (Å²) in [6.07, 6.45) is 1.54. The quantitative estimate of drug-likeness (QED) is 0.249. The average molecular weight is 608 g/mol. The van der Waals surface area contributed by atoms with Crippen LogP contribution >= 0.6 is 0 Å². The fourth-order valence-corrected chi connectivity index (χ4v) is 6.82. The van der Waals surface area contributed by atoms with Crippen LogP contribution in [0.3, 0.4) is 0 Å².